The number of fused-ring (bicyclic) bond motifs is 1. The number of carbonyl (C=O) groups is 1. The van der Waals surface area contributed by atoms with Gasteiger partial charge in [0.15, 0.2) is 0 Å². The van der Waals surface area contributed by atoms with E-state index in [0.717, 1.165) is 20.1 Å². The molecule has 2 N–H and O–H groups in total. The Labute approximate surface area is 136 Å². The van der Waals surface area contributed by atoms with Crippen LogP contribution < -0.4 is 5.32 Å². The van der Waals surface area contributed by atoms with E-state index in [1.54, 1.807) is 31.3 Å². The quantitative estimate of drug-likeness (QED) is 0.768. The lowest BCUT2D eigenvalue weighted by Gasteiger charge is -2.22. The molecule has 0 aliphatic heterocycles. The first-order valence-electron chi connectivity index (χ1n) is 6.88. The molecule has 0 spiro atoms. The number of aliphatic hydroxyl groups is 1. The first kappa shape index (κ1) is 15.1. The molecule has 1 aromatic carbocycles. The van der Waals surface area contributed by atoms with Gasteiger partial charge in [-0.25, -0.2) is 4.98 Å². The maximum atomic E-state index is 12.2. The van der Waals surface area contributed by atoms with Gasteiger partial charge in [-0.15, -0.1) is 22.7 Å². The predicted octanol–water partition coefficient (Wildman–Crippen LogP) is 3.53. The van der Waals surface area contributed by atoms with Gasteiger partial charge >= 0.3 is 0 Å². The third-order valence-electron chi connectivity index (χ3n) is 3.18. The van der Waals surface area contributed by atoms with Gasteiger partial charge < -0.3 is 10.4 Å². The van der Waals surface area contributed by atoms with Gasteiger partial charge in [0, 0.05) is 0 Å². The number of nitrogens with zero attached hydrogens (tertiary/aromatic N) is 1. The van der Waals surface area contributed by atoms with E-state index in [-0.39, 0.29) is 12.5 Å². The molecule has 0 saturated heterocycles. The fraction of sp³-hybridized carbons (Fsp3) is 0.250. The highest BCUT2D eigenvalue weighted by Gasteiger charge is 2.21. The van der Waals surface area contributed by atoms with Crippen LogP contribution in [-0.2, 0) is 0 Å². The van der Waals surface area contributed by atoms with E-state index in [1.165, 1.54) is 11.3 Å². The molecule has 0 radical (unpaired) electrons. The summed E-state index contributed by atoms with van der Waals surface area (Å²) in [5.41, 5.74) is 0.347. The molecule has 0 fully saturated rings. The number of carbonyl (C=O) groups excluding carboxylic acids is 1. The van der Waals surface area contributed by atoms with Gasteiger partial charge in [0.1, 0.15) is 5.01 Å². The summed E-state index contributed by atoms with van der Waals surface area (Å²) < 4.78 is 1.14. The smallest absolute Gasteiger partial charge is 0.261 e. The number of aliphatic hydroxyl groups excluding tert-OH is 1. The molecule has 0 saturated carbocycles. The number of amides is 1. The van der Waals surface area contributed by atoms with Crippen molar-refractivity contribution < 1.29 is 9.90 Å². The topological polar surface area (TPSA) is 62.2 Å². The maximum Gasteiger partial charge on any atom is 0.261 e. The van der Waals surface area contributed by atoms with E-state index < -0.39 is 5.54 Å². The van der Waals surface area contributed by atoms with Gasteiger partial charge in [0.05, 0.1) is 32.1 Å². The Morgan fingerprint density at radius 2 is 2.00 bits per heavy atom. The molecule has 3 aromatic rings. The van der Waals surface area contributed by atoms with E-state index in [2.05, 4.69) is 10.3 Å². The summed E-state index contributed by atoms with van der Waals surface area (Å²) in [6, 6.07) is 11.7. The summed E-state index contributed by atoms with van der Waals surface area (Å²) in [6.45, 7) is 3.47. The molecule has 4 nitrogen and oxygen atoms in total. The van der Waals surface area contributed by atoms with Gasteiger partial charge in [-0.2, -0.15) is 0 Å². The SMILES string of the molecule is CC(C)(CO)NC(=O)c1ccc(-c2nc3ccccc3s2)s1. The number of thiophene rings is 1. The molecule has 0 aliphatic rings. The summed E-state index contributed by atoms with van der Waals surface area (Å²) in [5.74, 6) is -0.170. The normalized spacial score (nSPS) is 11.8. The van der Waals surface area contributed by atoms with E-state index in [1.807, 2.05) is 30.3 Å². The maximum absolute atomic E-state index is 12.2. The minimum atomic E-state index is -0.628. The van der Waals surface area contributed by atoms with Crippen molar-refractivity contribution >= 4 is 38.8 Å². The Hall–Kier alpha value is -1.76. The minimum absolute atomic E-state index is 0.102. The van der Waals surface area contributed by atoms with Crippen molar-refractivity contribution in [3.05, 3.63) is 41.3 Å². The van der Waals surface area contributed by atoms with Crippen LogP contribution in [-0.4, -0.2) is 28.1 Å². The number of benzene rings is 1. The highest BCUT2D eigenvalue weighted by molar-refractivity contribution is 7.26. The van der Waals surface area contributed by atoms with Crippen LogP contribution in [0.25, 0.3) is 20.1 Å². The second-order valence-corrected chi connectivity index (χ2v) is 7.76. The van der Waals surface area contributed by atoms with Crippen LogP contribution >= 0.6 is 22.7 Å². The zero-order valence-electron chi connectivity index (χ0n) is 12.3. The van der Waals surface area contributed by atoms with Gasteiger partial charge in [0.25, 0.3) is 5.91 Å². The number of aromatic nitrogens is 1. The first-order chi connectivity index (χ1) is 10.5. The molecule has 6 heteroatoms. The van der Waals surface area contributed by atoms with Crippen LogP contribution in [0.5, 0.6) is 0 Å². The Kier molecular flexibility index (Phi) is 3.99. The molecule has 0 aliphatic carbocycles. The molecular formula is C16H16N2O2S2. The van der Waals surface area contributed by atoms with Crippen LogP contribution in [0, 0.1) is 0 Å². The fourth-order valence-electron chi connectivity index (χ4n) is 1.96. The Balaban J connectivity index is 1.85. The van der Waals surface area contributed by atoms with E-state index >= 15 is 0 Å². The number of para-hydroxylation sites is 1. The molecule has 114 valence electrons. The van der Waals surface area contributed by atoms with Crippen LogP contribution in [0.3, 0.4) is 0 Å². The lowest BCUT2D eigenvalue weighted by molar-refractivity contribution is 0.0873. The Morgan fingerprint density at radius 1 is 1.23 bits per heavy atom. The van der Waals surface area contributed by atoms with E-state index in [0.29, 0.717) is 4.88 Å². The average Bonchev–Trinajstić information content (AvgIpc) is 3.13. The predicted molar refractivity (Wildman–Crippen MR) is 91.6 cm³/mol. The second-order valence-electron chi connectivity index (χ2n) is 5.65. The Morgan fingerprint density at radius 3 is 2.73 bits per heavy atom. The molecule has 1 amide bonds. The molecule has 0 bridgehead atoms. The first-order valence-corrected chi connectivity index (χ1v) is 8.51. The van der Waals surface area contributed by atoms with Crippen molar-refractivity contribution in [2.45, 2.75) is 19.4 Å². The highest BCUT2D eigenvalue weighted by atomic mass is 32.1. The molecular weight excluding hydrogens is 316 g/mol. The summed E-state index contributed by atoms with van der Waals surface area (Å²) in [7, 11) is 0. The van der Waals surface area contributed by atoms with E-state index in [4.69, 9.17) is 0 Å². The summed E-state index contributed by atoms with van der Waals surface area (Å²) in [4.78, 5) is 18.4. The summed E-state index contributed by atoms with van der Waals surface area (Å²) in [5, 5.41) is 13.0. The second kappa shape index (κ2) is 5.79. The van der Waals surface area contributed by atoms with Crippen LogP contribution in [0.15, 0.2) is 36.4 Å². The van der Waals surface area contributed by atoms with Gasteiger partial charge in [-0.05, 0) is 38.1 Å². The van der Waals surface area contributed by atoms with Crippen molar-refractivity contribution in [2.75, 3.05) is 6.61 Å². The third-order valence-corrected chi connectivity index (χ3v) is 5.47. The summed E-state index contributed by atoms with van der Waals surface area (Å²) in [6.07, 6.45) is 0. The van der Waals surface area contributed by atoms with Gasteiger partial charge in [-0.1, -0.05) is 12.1 Å². The third kappa shape index (κ3) is 3.04. The van der Waals surface area contributed by atoms with Crippen molar-refractivity contribution in [3.8, 4) is 9.88 Å². The number of nitrogens with one attached hydrogen (secondary N) is 1. The number of hydrogen-bond donors (Lipinski definition) is 2. The fourth-order valence-corrected chi connectivity index (χ4v) is 3.88. The number of hydrogen-bond acceptors (Lipinski definition) is 5. The minimum Gasteiger partial charge on any atom is -0.394 e. The van der Waals surface area contributed by atoms with Gasteiger partial charge in [-0.3, -0.25) is 4.79 Å². The zero-order valence-corrected chi connectivity index (χ0v) is 13.9. The standard InChI is InChI=1S/C16H16N2O2S2/c1-16(2,9-19)18-14(20)12-7-8-13(21-12)15-17-10-5-3-4-6-11(10)22-15/h3-8,19H,9H2,1-2H3,(H,18,20). The van der Waals surface area contributed by atoms with Crippen LogP contribution in [0.1, 0.15) is 23.5 Å². The van der Waals surface area contributed by atoms with Crippen LogP contribution in [0.2, 0.25) is 0 Å². The van der Waals surface area contributed by atoms with Crippen LogP contribution in [0.4, 0.5) is 0 Å². The molecule has 2 aromatic heterocycles. The molecule has 0 unspecified atom stereocenters. The van der Waals surface area contributed by atoms with Crippen molar-refractivity contribution in [3.63, 3.8) is 0 Å². The van der Waals surface area contributed by atoms with E-state index in [9.17, 15) is 9.90 Å². The molecule has 22 heavy (non-hydrogen) atoms. The molecule has 2 heterocycles. The average molecular weight is 332 g/mol. The van der Waals surface area contributed by atoms with Crippen molar-refractivity contribution in [1.82, 2.24) is 10.3 Å². The lowest BCUT2D eigenvalue weighted by atomic mass is 10.1. The lowest BCUT2D eigenvalue weighted by Crippen LogP contribution is -2.46. The monoisotopic (exact) mass is 332 g/mol. The van der Waals surface area contributed by atoms with Crippen molar-refractivity contribution in [2.24, 2.45) is 0 Å². The molecule has 3 rings (SSSR count). The number of rotatable bonds is 4. The van der Waals surface area contributed by atoms with Gasteiger partial charge in [0.2, 0.25) is 0 Å². The highest BCUT2D eigenvalue weighted by Crippen LogP contribution is 2.34. The summed E-state index contributed by atoms with van der Waals surface area (Å²) >= 11 is 3.04. The van der Waals surface area contributed by atoms with Crippen molar-refractivity contribution in [1.29, 1.82) is 0 Å². The Bertz CT molecular complexity index is 787. The zero-order chi connectivity index (χ0) is 15.7. The number of thiazole rings is 1. The largest absolute Gasteiger partial charge is 0.394 e. The molecule has 0 atom stereocenters.